The van der Waals surface area contributed by atoms with E-state index in [-0.39, 0.29) is 15.6 Å². The van der Waals surface area contributed by atoms with Gasteiger partial charge in [0.25, 0.3) is 0 Å². The van der Waals surface area contributed by atoms with E-state index >= 15 is 0 Å². The van der Waals surface area contributed by atoms with Crippen LogP contribution in [-0.2, 0) is 9.30 Å². The minimum atomic E-state index is -4.40. The van der Waals surface area contributed by atoms with Crippen LogP contribution in [0.2, 0.25) is 10.0 Å². The standard InChI is InChI=1S/C8H7Cl2O5P/c9-5-2-1-3-6(10)7(5)8(11)15-4-16(12,13)14/h1-3H,4H2,(H2,12,13,14). The molecule has 0 aliphatic rings. The normalized spacial score (nSPS) is 11.2. The second kappa shape index (κ2) is 5.17. The van der Waals surface area contributed by atoms with Crippen LogP contribution in [0.1, 0.15) is 10.4 Å². The molecule has 0 saturated carbocycles. The van der Waals surface area contributed by atoms with Crippen LogP contribution in [0.3, 0.4) is 0 Å². The molecular weight excluding hydrogens is 278 g/mol. The predicted molar refractivity (Wildman–Crippen MR) is 58.8 cm³/mol. The van der Waals surface area contributed by atoms with Gasteiger partial charge in [-0.1, -0.05) is 29.3 Å². The number of esters is 1. The maximum absolute atomic E-state index is 11.4. The smallest absolute Gasteiger partial charge is 0.362 e. The number of carbonyl (C=O) groups excluding carboxylic acids is 1. The second-order valence-electron chi connectivity index (χ2n) is 2.82. The summed E-state index contributed by atoms with van der Waals surface area (Å²) in [7, 11) is -4.40. The van der Waals surface area contributed by atoms with Gasteiger partial charge in [-0.3, -0.25) is 4.57 Å². The summed E-state index contributed by atoms with van der Waals surface area (Å²) in [5, 5.41) is 0.117. The van der Waals surface area contributed by atoms with Crippen molar-refractivity contribution in [2.75, 3.05) is 6.35 Å². The number of hydrogen-bond donors (Lipinski definition) is 2. The summed E-state index contributed by atoms with van der Waals surface area (Å²) in [5.41, 5.74) is -0.112. The maximum Gasteiger partial charge on any atom is 0.362 e. The van der Waals surface area contributed by atoms with Crippen molar-refractivity contribution in [3.05, 3.63) is 33.8 Å². The van der Waals surface area contributed by atoms with E-state index in [1.165, 1.54) is 18.2 Å². The number of benzene rings is 1. The lowest BCUT2D eigenvalue weighted by Crippen LogP contribution is -2.08. The van der Waals surface area contributed by atoms with E-state index in [0.717, 1.165) is 0 Å². The number of rotatable bonds is 3. The molecule has 1 aromatic rings. The molecule has 1 rings (SSSR count). The third-order valence-corrected chi connectivity index (χ3v) is 2.63. The van der Waals surface area contributed by atoms with E-state index in [0.29, 0.717) is 0 Å². The summed E-state index contributed by atoms with van der Waals surface area (Å²) < 4.78 is 14.9. The highest BCUT2D eigenvalue weighted by Gasteiger charge is 2.20. The lowest BCUT2D eigenvalue weighted by molar-refractivity contribution is 0.0550. The Morgan fingerprint density at radius 3 is 2.25 bits per heavy atom. The van der Waals surface area contributed by atoms with Crippen LogP contribution < -0.4 is 0 Å². The van der Waals surface area contributed by atoms with Gasteiger partial charge in [0.2, 0.25) is 0 Å². The van der Waals surface area contributed by atoms with Crippen molar-refractivity contribution in [2.45, 2.75) is 0 Å². The van der Waals surface area contributed by atoms with Crippen molar-refractivity contribution < 1.29 is 23.9 Å². The van der Waals surface area contributed by atoms with E-state index in [4.69, 9.17) is 33.0 Å². The Morgan fingerprint density at radius 1 is 1.31 bits per heavy atom. The number of carbonyl (C=O) groups is 1. The Bertz CT molecular complexity index is 435. The van der Waals surface area contributed by atoms with Crippen LogP contribution in [-0.4, -0.2) is 22.1 Å². The molecule has 0 radical (unpaired) electrons. The van der Waals surface area contributed by atoms with Crippen molar-refractivity contribution in [1.29, 1.82) is 0 Å². The fraction of sp³-hybridized carbons (Fsp3) is 0.125. The first-order valence-corrected chi connectivity index (χ1v) is 6.52. The van der Waals surface area contributed by atoms with Gasteiger partial charge < -0.3 is 14.5 Å². The SMILES string of the molecule is O=C(OCP(=O)(O)O)c1c(Cl)cccc1Cl. The summed E-state index contributed by atoms with van der Waals surface area (Å²) >= 11 is 11.4. The van der Waals surface area contributed by atoms with Gasteiger partial charge in [-0.25, -0.2) is 4.79 Å². The zero-order chi connectivity index (χ0) is 12.3. The average Bonchev–Trinajstić information content (AvgIpc) is 2.13. The minimum Gasteiger partial charge on any atom is -0.449 e. The van der Waals surface area contributed by atoms with Crippen LogP contribution in [0, 0.1) is 0 Å². The summed E-state index contributed by atoms with van der Waals surface area (Å²) in [4.78, 5) is 28.4. The molecule has 0 bridgehead atoms. The Kier molecular flexibility index (Phi) is 4.35. The molecule has 2 N–H and O–H groups in total. The highest BCUT2D eigenvalue weighted by atomic mass is 35.5. The average molecular weight is 285 g/mol. The Hall–Kier alpha value is -0.580. The number of hydrogen-bond acceptors (Lipinski definition) is 3. The molecule has 88 valence electrons. The largest absolute Gasteiger partial charge is 0.449 e. The molecule has 0 aliphatic heterocycles. The molecule has 0 spiro atoms. The molecule has 0 heterocycles. The van der Waals surface area contributed by atoms with E-state index in [1.54, 1.807) is 0 Å². The van der Waals surface area contributed by atoms with Crippen molar-refractivity contribution in [2.24, 2.45) is 0 Å². The molecule has 0 fully saturated rings. The number of ether oxygens (including phenoxy) is 1. The molecule has 1 aromatic carbocycles. The van der Waals surface area contributed by atoms with Crippen molar-refractivity contribution in [1.82, 2.24) is 0 Å². The van der Waals surface area contributed by atoms with Gasteiger partial charge in [-0.2, -0.15) is 0 Å². The summed E-state index contributed by atoms with van der Waals surface area (Å²) in [5.74, 6) is -0.973. The minimum absolute atomic E-state index is 0.0585. The first-order valence-electron chi connectivity index (χ1n) is 3.97. The molecule has 0 unspecified atom stereocenters. The zero-order valence-electron chi connectivity index (χ0n) is 7.76. The molecule has 16 heavy (non-hydrogen) atoms. The zero-order valence-corrected chi connectivity index (χ0v) is 10.2. The lowest BCUT2D eigenvalue weighted by atomic mass is 10.2. The predicted octanol–water partition coefficient (Wildman–Crippen LogP) is 2.29. The molecule has 8 heteroatoms. The van der Waals surface area contributed by atoms with Crippen LogP contribution in [0.25, 0.3) is 0 Å². The topological polar surface area (TPSA) is 83.8 Å². The fourth-order valence-corrected chi connectivity index (χ4v) is 1.74. The van der Waals surface area contributed by atoms with Gasteiger partial charge in [-0.05, 0) is 12.1 Å². The van der Waals surface area contributed by atoms with Gasteiger partial charge in [0.05, 0.1) is 15.6 Å². The van der Waals surface area contributed by atoms with Crippen LogP contribution >= 0.6 is 30.8 Å². The van der Waals surface area contributed by atoms with E-state index in [1.807, 2.05) is 0 Å². The molecule has 0 aliphatic carbocycles. The van der Waals surface area contributed by atoms with Gasteiger partial charge in [0, 0.05) is 0 Å². The monoisotopic (exact) mass is 284 g/mol. The van der Waals surface area contributed by atoms with Crippen LogP contribution in [0.4, 0.5) is 0 Å². The molecule has 0 amide bonds. The Balaban J connectivity index is 2.85. The maximum atomic E-state index is 11.4. The summed E-state index contributed by atoms with van der Waals surface area (Å²) in [6, 6.07) is 4.37. The lowest BCUT2D eigenvalue weighted by Gasteiger charge is -2.08. The quantitative estimate of drug-likeness (QED) is 0.657. The number of halogens is 2. The third kappa shape index (κ3) is 3.77. The van der Waals surface area contributed by atoms with Gasteiger partial charge >= 0.3 is 13.6 Å². The van der Waals surface area contributed by atoms with E-state index in [9.17, 15) is 9.36 Å². The van der Waals surface area contributed by atoms with Gasteiger partial charge in [0.15, 0.2) is 6.35 Å². The molecule has 0 saturated heterocycles. The third-order valence-electron chi connectivity index (χ3n) is 1.53. The molecule has 0 aromatic heterocycles. The first-order chi connectivity index (χ1) is 7.31. The Morgan fingerprint density at radius 2 is 1.81 bits per heavy atom. The highest BCUT2D eigenvalue weighted by molar-refractivity contribution is 7.51. The van der Waals surface area contributed by atoms with E-state index < -0.39 is 19.9 Å². The Labute approximate surface area is 101 Å². The van der Waals surface area contributed by atoms with Gasteiger partial charge in [0.1, 0.15) is 0 Å². The van der Waals surface area contributed by atoms with E-state index in [2.05, 4.69) is 4.74 Å². The van der Waals surface area contributed by atoms with Crippen molar-refractivity contribution in [3.63, 3.8) is 0 Å². The molecular formula is C8H7Cl2O5P. The van der Waals surface area contributed by atoms with Crippen molar-refractivity contribution in [3.8, 4) is 0 Å². The summed E-state index contributed by atoms with van der Waals surface area (Å²) in [6.07, 6.45) is -1.01. The fourth-order valence-electron chi connectivity index (χ4n) is 0.908. The van der Waals surface area contributed by atoms with Crippen LogP contribution in [0.5, 0.6) is 0 Å². The van der Waals surface area contributed by atoms with Gasteiger partial charge in [-0.15, -0.1) is 0 Å². The molecule has 0 atom stereocenters. The second-order valence-corrected chi connectivity index (χ2v) is 5.22. The summed E-state index contributed by atoms with van der Waals surface area (Å²) in [6.45, 7) is 0. The highest BCUT2D eigenvalue weighted by Crippen LogP contribution is 2.35. The van der Waals surface area contributed by atoms with Crippen molar-refractivity contribution >= 4 is 36.8 Å². The van der Waals surface area contributed by atoms with Crippen LogP contribution in [0.15, 0.2) is 18.2 Å². The first kappa shape index (κ1) is 13.5. The molecule has 5 nitrogen and oxygen atoms in total.